The molecule has 0 aliphatic rings. The minimum Gasteiger partial charge on any atom is -0.386 e. The highest BCUT2D eigenvalue weighted by Crippen LogP contribution is 2.21. The Morgan fingerprint density at radius 3 is 2.28 bits per heavy atom. The van der Waals surface area contributed by atoms with Crippen LogP contribution in [0.4, 0.5) is 13.2 Å². The predicted molar refractivity (Wildman–Crippen MR) is 71.3 cm³/mol. The summed E-state index contributed by atoms with van der Waals surface area (Å²) in [5.74, 6) is -0.236. The van der Waals surface area contributed by atoms with Crippen LogP contribution in [-0.2, 0) is 0 Å². The number of ether oxygens (including phenoxy) is 1. The third-order valence-electron chi connectivity index (χ3n) is 1.75. The zero-order chi connectivity index (χ0) is 13.3. The Hall–Kier alpha value is -0.660. The fraction of sp³-hybridized carbons (Fsp3) is 0.125. The molecule has 2 aromatic rings. The number of aromatic nitrogens is 4. The van der Waals surface area contributed by atoms with Gasteiger partial charge >= 0.3 is 6.36 Å². The van der Waals surface area contributed by atoms with Crippen molar-refractivity contribution in [1.82, 2.24) is 19.5 Å². The van der Waals surface area contributed by atoms with Gasteiger partial charge in [0.15, 0.2) is 5.82 Å². The Bertz CT molecular complexity index is 554. The number of hydrogen-bond donors (Lipinski definition) is 0. The van der Waals surface area contributed by atoms with E-state index in [0.29, 0.717) is 5.82 Å². The molecule has 0 spiro atoms. The number of hydrogen-bond acceptors (Lipinski definition) is 4. The molecule has 96 valence electrons. The van der Waals surface area contributed by atoms with Crippen LogP contribution in [0, 0.1) is 7.40 Å². The van der Waals surface area contributed by atoms with Crippen LogP contribution in [0.2, 0.25) is 0 Å². The Balaban J connectivity index is 2.25. The van der Waals surface area contributed by atoms with E-state index >= 15 is 0 Å². The lowest BCUT2D eigenvalue weighted by molar-refractivity contribution is -0.276. The number of nitrogens with zero attached hydrogens (tertiary/aromatic N) is 4. The van der Waals surface area contributed by atoms with E-state index in [2.05, 4.69) is 19.7 Å². The molecule has 0 saturated carbocycles. The summed E-state index contributed by atoms with van der Waals surface area (Å²) in [5, 5.41) is 0. The Kier molecular flexibility index (Phi) is 3.93. The molecular formula is C8H3F3I2N4O. The van der Waals surface area contributed by atoms with E-state index in [0.717, 1.165) is 13.6 Å². The van der Waals surface area contributed by atoms with Gasteiger partial charge in [0.25, 0.3) is 0 Å². The fourth-order valence-corrected chi connectivity index (χ4v) is 1.97. The molecule has 2 aromatic heterocycles. The van der Waals surface area contributed by atoms with Gasteiger partial charge in [-0.25, -0.2) is 15.0 Å². The zero-order valence-corrected chi connectivity index (χ0v) is 12.6. The third kappa shape index (κ3) is 3.21. The normalized spacial score (nSPS) is 11.6. The van der Waals surface area contributed by atoms with Crippen LogP contribution in [0.1, 0.15) is 0 Å². The fourth-order valence-electron chi connectivity index (χ4n) is 1.08. The third-order valence-corrected chi connectivity index (χ3v) is 4.60. The zero-order valence-electron chi connectivity index (χ0n) is 8.32. The average Bonchev–Trinajstić information content (AvgIpc) is 2.59. The van der Waals surface area contributed by atoms with Gasteiger partial charge < -0.3 is 4.74 Å². The molecule has 2 heterocycles. The van der Waals surface area contributed by atoms with E-state index in [-0.39, 0.29) is 0 Å². The molecule has 0 bridgehead atoms. The van der Waals surface area contributed by atoms with E-state index in [4.69, 9.17) is 0 Å². The van der Waals surface area contributed by atoms with Gasteiger partial charge in [0.2, 0.25) is 5.88 Å². The Morgan fingerprint density at radius 2 is 1.83 bits per heavy atom. The number of rotatable bonds is 2. The van der Waals surface area contributed by atoms with Gasteiger partial charge in [0.1, 0.15) is 13.7 Å². The highest BCUT2D eigenvalue weighted by Gasteiger charge is 2.31. The van der Waals surface area contributed by atoms with Crippen LogP contribution in [0.3, 0.4) is 0 Å². The molecule has 0 atom stereocenters. The molecule has 0 aliphatic heterocycles. The van der Waals surface area contributed by atoms with Gasteiger partial charge in [-0.05, 0) is 45.2 Å². The SMILES string of the molecule is FC(F)(F)Oc1cnc(-n2cnc(I)c2I)cn1. The smallest absolute Gasteiger partial charge is 0.386 e. The largest absolute Gasteiger partial charge is 0.574 e. The molecule has 0 unspecified atom stereocenters. The topological polar surface area (TPSA) is 52.8 Å². The summed E-state index contributed by atoms with van der Waals surface area (Å²) in [6.45, 7) is 0. The summed E-state index contributed by atoms with van der Waals surface area (Å²) in [6.07, 6.45) is -1.17. The number of halogens is 5. The van der Waals surface area contributed by atoms with Gasteiger partial charge in [-0.3, -0.25) is 4.57 Å². The molecule has 0 aromatic carbocycles. The summed E-state index contributed by atoms with van der Waals surface area (Å²) >= 11 is 4.08. The van der Waals surface area contributed by atoms with E-state index in [1.54, 1.807) is 4.57 Å². The first-order valence-electron chi connectivity index (χ1n) is 4.33. The second-order valence-electron chi connectivity index (χ2n) is 2.96. The van der Waals surface area contributed by atoms with Crippen LogP contribution in [0.15, 0.2) is 18.7 Å². The van der Waals surface area contributed by atoms with Crippen molar-refractivity contribution in [2.45, 2.75) is 6.36 Å². The van der Waals surface area contributed by atoms with E-state index < -0.39 is 12.2 Å². The van der Waals surface area contributed by atoms with Crippen molar-refractivity contribution in [1.29, 1.82) is 0 Å². The molecular weight excluding hydrogens is 479 g/mol. The van der Waals surface area contributed by atoms with E-state index in [1.165, 1.54) is 12.5 Å². The van der Waals surface area contributed by atoms with Crippen molar-refractivity contribution in [2.75, 3.05) is 0 Å². The highest BCUT2D eigenvalue weighted by molar-refractivity contribution is 14.1. The lowest BCUT2D eigenvalue weighted by Gasteiger charge is -2.08. The molecule has 0 fully saturated rings. The molecule has 18 heavy (non-hydrogen) atoms. The predicted octanol–water partition coefficient (Wildman–Crippen LogP) is 2.77. The first-order chi connectivity index (χ1) is 8.37. The molecule has 0 amide bonds. The van der Waals surface area contributed by atoms with E-state index in [1.807, 2.05) is 45.2 Å². The Morgan fingerprint density at radius 1 is 1.11 bits per heavy atom. The van der Waals surface area contributed by atoms with Crippen molar-refractivity contribution >= 4 is 45.2 Å². The summed E-state index contributed by atoms with van der Waals surface area (Å²) in [7, 11) is 0. The standard InChI is InChI=1S/C8H3F3I2N4O/c9-8(10,11)18-5-2-14-4(1-15-5)17-3-16-6(12)7(17)13/h1-3H. The molecule has 5 nitrogen and oxygen atoms in total. The van der Waals surface area contributed by atoms with Crippen LogP contribution < -0.4 is 4.74 Å². The monoisotopic (exact) mass is 482 g/mol. The van der Waals surface area contributed by atoms with Gasteiger partial charge in [-0.15, -0.1) is 13.2 Å². The molecule has 0 N–H and O–H groups in total. The summed E-state index contributed by atoms with van der Waals surface area (Å²) in [4.78, 5) is 11.4. The van der Waals surface area contributed by atoms with E-state index in [9.17, 15) is 13.2 Å². The van der Waals surface area contributed by atoms with Gasteiger partial charge in [0.05, 0.1) is 12.4 Å². The number of alkyl halides is 3. The van der Waals surface area contributed by atoms with Crippen molar-refractivity contribution in [3.63, 3.8) is 0 Å². The molecule has 10 heteroatoms. The van der Waals surface area contributed by atoms with Gasteiger partial charge in [-0.2, -0.15) is 0 Å². The van der Waals surface area contributed by atoms with Crippen LogP contribution in [0.25, 0.3) is 5.82 Å². The first kappa shape index (κ1) is 13.8. The van der Waals surface area contributed by atoms with Crippen molar-refractivity contribution in [3.8, 4) is 11.7 Å². The van der Waals surface area contributed by atoms with Crippen molar-refractivity contribution in [2.24, 2.45) is 0 Å². The lowest BCUT2D eigenvalue weighted by Crippen LogP contribution is -2.18. The Labute approximate surface area is 126 Å². The van der Waals surface area contributed by atoms with Crippen LogP contribution >= 0.6 is 45.2 Å². The van der Waals surface area contributed by atoms with Gasteiger partial charge in [-0.1, -0.05) is 0 Å². The molecule has 0 aliphatic carbocycles. The quantitative estimate of drug-likeness (QED) is 0.619. The van der Waals surface area contributed by atoms with Crippen LogP contribution in [-0.4, -0.2) is 25.9 Å². The lowest BCUT2D eigenvalue weighted by atomic mass is 10.6. The minimum absolute atomic E-state index is 0.365. The average molecular weight is 482 g/mol. The summed E-state index contributed by atoms with van der Waals surface area (Å²) < 4.78 is 42.6. The second kappa shape index (κ2) is 5.14. The summed E-state index contributed by atoms with van der Waals surface area (Å²) in [5.41, 5.74) is 0. The van der Waals surface area contributed by atoms with Crippen molar-refractivity contribution < 1.29 is 17.9 Å². The maximum absolute atomic E-state index is 11.9. The molecule has 0 saturated heterocycles. The van der Waals surface area contributed by atoms with Crippen LogP contribution in [0.5, 0.6) is 5.88 Å². The molecule has 2 rings (SSSR count). The number of imidazole rings is 1. The summed E-state index contributed by atoms with van der Waals surface area (Å²) in [6, 6.07) is 0. The van der Waals surface area contributed by atoms with Crippen molar-refractivity contribution in [3.05, 3.63) is 26.1 Å². The molecule has 0 radical (unpaired) electrons. The maximum atomic E-state index is 11.9. The maximum Gasteiger partial charge on any atom is 0.574 e. The first-order valence-corrected chi connectivity index (χ1v) is 6.49. The highest BCUT2D eigenvalue weighted by atomic mass is 127. The van der Waals surface area contributed by atoms with Gasteiger partial charge in [0, 0.05) is 0 Å². The second-order valence-corrected chi connectivity index (χ2v) is 5.00. The minimum atomic E-state index is -4.77.